The highest BCUT2D eigenvalue weighted by molar-refractivity contribution is 4.81. The van der Waals surface area contributed by atoms with Gasteiger partial charge >= 0.3 is 0 Å². The molecule has 0 aliphatic heterocycles. The van der Waals surface area contributed by atoms with Crippen LogP contribution in [0.4, 0.5) is 0 Å². The van der Waals surface area contributed by atoms with Crippen LogP contribution in [0.1, 0.15) is 45.4 Å². The summed E-state index contributed by atoms with van der Waals surface area (Å²) in [6.07, 6.45) is 10.4. The number of rotatable bonds is 5. The summed E-state index contributed by atoms with van der Waals surface area (Å²) in [6, 6.07) is 0.853. The van der Waals surface area contributed by atoms with Gasteiger partial charge < -0.3 is 0 Å². The molecule has 1 nitrogen and oxygen atoms in total. The van der Waals surface area contributed by atoms with E-state index in [1.807, 2.05) is 6.08 Å². The molecule has 1 aliphatic carbocycles. The highest BCUT2D eigenvalue weighted by atomic mass is 15.1. The largest absolute Gasteiger partial charge is 0.297 e. The second-order valence-electron chi connectivity index (χ2n) is 4.08. The lowest BCUT2D eigenvalue weighted by Gasteiger charge is -2.33. The molecule has 13 heavy (non-hydrogen) atoms. The first-order valence-electron chi connectivity index (χ1n) is 5.73. The van der Waals surface area contributed by atoms with E-state index in [4.69, 9.17) is 0 Å². The zero-order valence-corrected chi connectivity index (χ0v) is 8.97. The van der Waals surface area contributed by atoms with Crippen LogP contribution in [0.15, 0.2) is 12.7 Å². The quantitative estimate of drug-likeness (QED) is 0.589. The van der Waals surface area contributed by atoms with Gasteiger partial charge in [0.2, 0.25) is 0 Å². The lowest BCUT2D eigenvalue weighted by atomic mass is 9.94. The first-order valence-corrected chi connectivity index (χ1v) is 5.73. The van der Waals surface area contributed by atoms with E-state index >= 15 is 0 Å². The normalized spacial score (nSPS) is 19.2. The van der Waals surface area contributed by atoms with Gasteiger partial charge in [-0.1, -0.05) is 32.3 Å². The van der Waals surface area contributed by atoms with Gasteiger partial charge in [0.05, 0.1) is 0 Å². The number of hydrogen-bond donors (Lipinski definition) is 0. The van der Waals surface area contributed by atoms with Crippen molar-refractivity contribution >= 4 is 0 Å². The first kappa shape index (κ1) is 10.8. The fourth-order valence-electron chi connectivity index (χ4n) is 2.32. The average Bonchev–Trinajstić information content (AvgIpc) is 2.19. The average molecular weight is 181 g/mol. The molecule has 1 rings (SSSR count). The molecule has 0 atom stereocenters. The van der Waals surface area contributed by atoms with E-state index in [1.54, 1.807) is 0 Å². The van der Waals surface area contributed by atoms with E-state index in [9.17, 15) is 0 Å². The molecule has 0 heterocycles. The van der Waals surface area contributed by atoms with Crippen molar-refractivity contribution in [2.24, 2.45) is 0 Å². The molecular weight excluding hydrogens is 158 g/mol. The highest BCUT2D eigenvalue weighted by Gasteiger charge is 2.18. The van der Waals surface area contributed by atoms with E-state index in [0.29, 0.717) is 0 Å². The Labute approximate surface area is 82.8 Å². The fourth-order valence-corrected chi connectivity index (χ4v) is 2.32. The van der Waals surface area contributed by atoms with E-state index in [1.165, 1.54) is 45.1 Å². The van der Waals surface area contributed by atoms with Crippen LogP contribution in [0.2, 0.25) is 0 Å². The lowest BCUT2D eigenvalue weighted by molar-refractivity contribution is 0.172. The zero-order valence-electron chi connectivity index (χ0n) is 8.97. The summed E-state index contributed by atoms with van der Waals surface area (Å²) in [5, 5.41) is 0. The van der Waals surface area contributed by atoms with Crippen molar-refractivity contribution in [2.75, 3.05) is 13.1 Å². The van der Waals surface area contributed by atoms with Crippen LogP contribution in [0.3, 0.4) is 0 Å². The van der Waals surface area contributed by atoms with E-state index in [2.05, 4.69) is 18.4 Å². The van der Waals surface area contributed by atoms with Crippen molar-refractivity contribution in [1.82, 2.24) is 4.90 Å². The SMILES string of the molecule is C=CCN(CCC)C1CCCCC1. The van der Waals surface area contributed by atoms with Crippen molar-refractivity contribution in [3.63, 3.8) is 0 Å². The van der Waals surface area contributed by atoms with Crippen LogP contribution in [-0.2, 0) is 0 Å². The van der Waals surface area contributed by atoms with Crippen LogP contribution < -0.4 is 0 Å². The maximum atomic E-state index is 3.84. The summed E-state index contributed by atoms with van der Waals surface area (Å²) in [4.78, 5) is 2.60. The third-order valence-electron chi connectivity index (χ3n) is 2.97. The van der Waals surface area contributed by atoms with Gasteiger partial charge in [0.25, 0.3) is 0 Å². The summed E-state index contributed by atoms with van der Waals surface area (Å²) < 4.78 is 0. The minimum atomic E-state index is 0.853. The predicted molar refractivity (Wildman–Crippen MR) is 58.9 cm³/mol. The summed E-state index contributed by atoms with van der Waals surface area (Å²) >= 11 is 0. The second-order valence-corrected chi connectivity index (χ2v) is 4.08. The Kier molecular flexibility index (Phi) is 5.14. The molecule has 1 aliphatic rings. The molecule has 1 saturated carbocycles. The van der Waals surface area contributed by atoms with Crippen LogP contribution >= 0.6 is 0 Å². The van der Waals surface area contributed by atoms with Crippen LogP contribution in [0.5, 0.6) is 0 Å². The molecule has 76 valence electrons. The Hall–Kier alpha value is -0.300. The molecule has 0 saturated heterocycles. The molecule has 0 spiro atoms. The fraction of sp³-hybridized carbons (Fsp3) is 0.833. The van der Waals surface area contributed by atoms with Gasteiger partial charge in [-0.2, -0.15) is 0 Å². The molecule has 0 radical (unpaired) electrons. The third kappa shape index (κ3) is 3.51. The summed E-state index contributed by atoms with van der Waals surface area (Å²) in [6.45, 7) is 8.43. The monoisotopic (exact) mass is 181 g/mol. The molecule has 0 bridgehead atoms. The van der Waals surface area contributed by atoms with E-state index in [-0.39, 0.29) is 0 Å². The predicted octanol–water partition coefficient (Wildman–Crippen LogP) is 3.22. The molecule has 0 unspecified atom stereocenters. The van der Waals surface area contributed by atoms with Crippen molar-refractivity contribution in [3.8, 4) is 0 Å². The zero-order chi connectivity index (χ0) is 9.52. The second kappa shape index (κ2) is 6.20. The third-order valence-corrected chi connectivity index (χ3v) is 2.97. The van der Waals surface area contributed by atoms with Crippen LogP contribution in [0, 0.1) is 0 Å². The Morgan fingerprint density at radius 2 is 2.00 bits per heavy atom. The van der Waals surface area contributed by atoms with Crippen molar-refractivity contribution < 1.29 is 0 Å². The highest BCUT2D eigenvalue weighted by Crippen LogP contribution is 2.22. The van der Waals surface area contributed by atoms with Crippen LogP contribution in [0.25, 0.3) is 0 Å². The van der Waals surface area contributed by atoms with Gasteiger partial charge in [-0.05, 0) is 25.8 Å². The van der Waals surface area contributed by atoms with Crippen molar-refractivity contribution in [3.05, 3.63) is 12.7 Å². The molecular formula is C12H23N. The lowest BCUT2D eigenvalue weighted by Crippen LogP contribution is -2.37. The number of nitrogens with zero attached hydrogens (tertiary/aromatic N) is 1. The van der Waals surface area contributed by atoms with Gasteiger partial charge in [0.1, 0.15) is 0 Å². The minimum Gasteiger partial charge on any atom is -0.297 e. The molecule has 1 fully saturated rings. The van der Waals surface area contributed by atoms with Gasteiger partial charge in [-0.15, -0.1) is 6.58 Å². The van der Waals surface area contributed by atoms with Crippen LogP contribution in [-0.4, -0.2) is 24.0 Å². The Bertz CT molecular complexity index is 136. The van der Waals surface area contributed by atoms with Gasteiger partial charge in [-0.3, -0.25) is 4.90 Å². The van der Waals surface area contributed by atoms with E-state index in [0.717, 1.165) is 12.6 Å². The maximum absolute atomic E-state index is 3.84. The first-order chi connectivity index (χ1) is 6.38. The molecule has 0 N–H and O–H groups in total. The van der Waals surface area contributed by atoms with Gasteiger partial charge in [0.15, 0.2) is 0 Å². The van der Waals surface area contributed by atoms with Gasteiger partial charge in [0, 0.05) is 12.6 Å². The Morgan fingerprint density at radius 1 is 1.31 bits per heavy atom. The molecule has 0 aromatic heterocycles. The molecule has 0 aromatic carbocycles. The Morgan fingerprint density at radius 3 is 2.54 bits per heavy atom. The van der Waals surface area contributed by atoms with E-state index < -0.39 is 0 Å². The Balaban J connectivity index is 2.36. The van der Waals surface area contributed by atoms with Crippen molar-refractivity contribution in [2.45, 2.75) is 51.5 Å². The standard InChI is InChI=1S/C12H23N/c1-3-10-13(11-4-2)12-8-6-5-7-9-12/h3,12H,1,4-11H2,2H3. The molecule has 0 aromatic rings. The maximum Gasteiger partial charge on any atom is 0.0163 e. The summed E-state index contributed by atoms with van der Waals surface area (Å²) in [7, 11) is 0. The summed E-state index contributed by atoms with van der Waals surface area (Å²) in [5.74, 6) is 0. The minimum absolute atomic E-state index is 0.853. The van der Waals surface area contributed by atoms with Gasteiger partial charge in [-0.25, -0.2) is 0 Å². The topological polar surface area (TPSA) is 3.24 Å². The molecule has 1 heteroatoms. The summed E-state index contributed by atoms with van der Waals surface area (Å²) in [5.41, 5.74) is 0. The molecule has 0 amide bonds. The number of hydrogen-bond acceptors (Lipinski definition) is 1. The van der Waals surface area contributed by atoms with Crippen molar-refractivity contribution in [1.29, 1.82) is 0 Å². The smallest absolute Gasteiger partial charge is 0.0163 e.